The van der Waals surface area contributed by atoms with Crippen molar-refractivity contribution in [1.82, 2.24) is 20.4 Å². The standard InChI is InChI=1S/C19H39N5O.HI/c1-5-20-19(21-13-10-16-24-15-9-12-18(24)25)22-17(4)11-8-14-23(6-2)7-3;/h17H,5-16H2,1-4H3,(H2,20,21,22);1H. The Morgan fingerprint density at radius 2 is 2.00 bits per heavy atom. The Morgan fingerprint density at radius 1 is 1.27 bits per heavy atom. The Hall–Kier alpha value is -0.570. The number of nitrogens with zero attached hydrogens (tertiary/aromatic N) is 3. The number of likely N-dealkylation sites (tertiary alicyclic amines) is 1. The van der Waals surface area contributed by atoms with Gasteiger partial charge in [0.05, 0.1) is 0 Å². The minimum atomic E-state index is 0. The van der Waals surface area contributed by atoms with Crippen molar-refractivity contribution in [2.45, 2.75) is 65.8 Å². The fraction of sp³-hybridized carbons (Fsp3) is 0.895. The molecule has 26 heavy (non-hydrogen) atoms. The van der Waals surface area contributed by atoms with Crippen LogP contribution in [0.4, 0.5) is 0 Å². The van der Waals surface area contributed by atoms with Gasteiger partial charge in [-0.2, -0.15) is 0 Å². The van der Waals surface area contributed by atoms with E-state index in [1.807, 2.05) is 4.90 Å². The molecular formula is C19H40IN5O. The van der Waals surface area contributed by atoms with E-state index >= 15 is 0 Å². The molecule has 1 heterocycles. The number of nitrogens with one attached hydrogen (secondary N) is 2. The van der Waals surface area contributed by atoms with Crippen LogP contribution in [-0.4, -0.2) is 73.5 Å². The Kier molecular flexibility index (Phi) is 15.1. The molecule has 1 unspecified atom stereocenters. The minimum absolute atomic E-state index is 0. The molecule has 0 radical (unpaired) electrons. The third-order valence-electron chi connectivity index (χ3n) is 4.76. The van der Waals surface area contributed by atoms with Gasteiger partial charge in [0, 0.05) is 38.6 Å². The Bertz CT molecular complexity index is 401. The number of guanidine groups is 1. The predicted molar refractivity (Wildman–Crippen MR) is 121 cm³/mol. The smallest absolute Gasteiger partial charge is 0.222 e. The molecule has 1 rings (SSSR count). The number of hydrogen-bond donors (Lipinski definition) is 2. The lowest BCUT2D eigenvalue weighted by molar-refractivity contribution is -0.127. The lowest BCUT2D eigenvalue weighted by atomic mass is 10.2. The summed E-state index contributed by atoms with van der Waals surface area (Å²) in [6, 6.07) is 0.411. The molecule has 0 saturated carbocycles. The van der Waals surface area contributed by atoms with Crippen molar-refractivity contribution in [3.05, 3.63) is 0 Å². The lowest BCUT2D eigenvalue weighted by Gasteiger charge is -2.21. The van der Waals surface area contributed by atoms with Crippen molar-refractivity contribution >= 4 is 35.8 Å². The molecule has 0 bridgehead atoms. The Labute approximate surface area is 177 Å². The van der Waals surface area contributed by atoms with Gasteiger partial charge in [0.2, 0.25) is 5.91 Å². The van der Waals surface area contributed by atoms with E-state index in [0.717, 1.165) is 77.5 Å². The summed E-state index contributed by atoms with van der Waals surface area (Å²) in [4.78, 5) is 20.7. The van der Waals surface area contributed by atoms with E-state index in [-0.39, 0.29) is 24.0 Å². The van der Waals surface area contributed by atoms with E-state index in [9.17, 15) is 4.79 Å². The zero-order chi connectivity index (χ0) is 18.5. The van der Waals surface area contributed by atoms with Gasteiger partial charge >= 0.3 is 0 Å². The zero-order valence-electron chi connectivity index (χ0n) is 17.2. The van der Waals surface area contributed by atoms with Gasteiger partial charge in [0.15, 0.2) is 5.96 Å². The second kappa shape index (κ2) is 15.5. The summed E-state index contributed by atoms with van der Waals surface area (Å²) in [5.41, 5.74) is 0. The maximum Gasteiger partial charge on any atom is 0.222 e. The fourth-order valence-corrected chi connectivity index (χ4v) is 3.18. The van der Waals surface area contributed by atoms with E-state index in [0.29, 0.717) is 11.9 Å². The van der Waals surface area contributed by atoms with Gasteiger partial charge < -0.3 is 20.4 Å². The first kappa shape index (κ1) is 25.4. The molecule has 6 nitrogen and oxygen atoms in total. The molecule has 0 aromatic rings. The second-order valence-electron chi connectivity index (χ2n) is 6.81. The normalized spacial score (nSPS) is 16.0. The maximum atomic E-state index is 11.6. The molecule has 7 heteroatoms. The van der Waals surface area contributed by atoms with Crippen molar-refractivity contribution in [3.63, 3.8) is 0 Å². The van der Waals surface area contributed by atoms with Gasteiger partial charge in [-0.15, -0.1) is 24.0 Å². The summed E-state index contributed by atoms with van der Waals surface area (Å²) in [6.07, 6.45) is 5.00. The van der Waals surface area contributed by atoms with E-state index in [4.69, 9.17) is 0 Å². The highest BCUT2D eigenvalue weighted by atomic mass is 127. The van der Waals surface area contributed by atoms with Crippen LogP contribution in [0.25, 0.3) is 0 Å². The minimum Gasteiger partial charge on any atom is -0.357 e. The van der Waals surface area contributed by atoms with Crippen molar-refractivity contribution < 1.29 is 4.79 Å². The molecule has 1 atom stereocenters. The van der Waals surface area contributed by atoms with Crippen molar-refractivity contribution in [2.24, 2.45) is 4.99 Å². The molecule has 1 aliphatic rings. The first-order valence-corrected chi connectivity index (χ1v) is 10.2. The summed E-state index contributed by atoms with van der Waals surface area (Å²) in [6.45, 7) is 15.5. The van der Waals surface area contributed by atoms with Crippen LogP contribution in [0.2, 0.25) is 0 Å². The SMILES string of the molecule is CCNC(=NCCCN1CCCC1=O)NC(C)CCCN(CC)CC.I. The Morgan fingerprint density at radius 3 is 2.58 bits per heavy atom. The van der Waals surface area contributed by atoms with Gasteiger partial charge in [0.25, 0.3) is 0 Å². The van der Waals surface area contributed by atoms with E-state index in [1.165, 1.54) is 6.42 Å². The molecule has 1 saturated heterocycles. The highest BCUT2D eigenvalue weighted by Crippen LogP contribution is 2.09. The van der Waals surface area contributed by atoms with Crippen LogP contribution in [-0.2, 0) is 4.79 Å². The molecular weight excluding hydrogens is 441 g/mol. The number of hydrogen-bond acceptors (Lipinski definition) is 3. The average molecular weight is 481 g/mol. The number of amides is 1. The fourth-order valence-electron chi connectivity index (χ4n) is 3.18. The third-order valence-corrected chi connectivity index (χ3v) is 4.76. The summed E-state index contributed by atoms with van der Waals surface area (Å²) in [7, 11) is 0. The van der Waals surface area contributed by atoms with Crippen LogP contribution < -0.4 is 10.6 Å². The molecule has 0 spiro atoms. The van der Waals surface area contributed by atoms with Gasteiger partial charge in [-0.1, -0.05) is 13.8 Å². The van der Waals surface area contributed by atoms with Crippen molar-refractivity contribution in [3.8, 4) is 0 Å². The van der Waals surface area contributed by atoms with Crippen LogP contribution in [0, 0.1) is 0 Å². The molecule has 2 N–H and O–H groups in total. The molecule has 154 valence electrons. The molecule has 1 amide bonds. The van der Waals surface area contributed by atoms with Crippen LogP contribution in [0.15, 0.2) is 4.99 Å². The van der Waals surface area contributed by atoms with Crippen molar-refractivity contribution in [2.75, 3.05) is 45.8 Å². The molecule has 0 aliphatic carbocycles. The molecule has 0 aromatic heterocycles. The van der Waals surface area contributed by atoms with E-state index < -0.39 is 0 Å². The predicted octanol–water partition coefficient (Wildman–Crippen LogP) is 2.68. The van der Waals surface area contributed by atoms with E-state index in [1.54, 1.807) is 0 Å². The highest BCUT2D eigenvalue weighted by molar-refractivity contribution is 14.0. The molecule has 1 aliphatic heterocycles. The monoisotopic (exact) mass is 481 g/mol. The summed E-state index contributed by atoms with van der Waals surface area (Å²) >= 11 is 0. The number of halogens is 1. The number of carbonyl (C=O) groups excluding carboxylic acids is 1. The van der Waals surface area contributed by atoms with Gasteiger partial charge in [0.1, 0.15) is 0 Å². The first-order chi connectivity index (χ1) is 12.1. The molecule has 1 fully saturated rings. The maximum absolute atomic E-state index is 11.6. The number of rotatable bonds is 12. The lowest BCUT2D eigenvalue weighted by Crippen LogP contribution is -2.42. The zero-order valence-corrected chi connectivity index (χ0v) is 19.6. The van der Waals surface area contributed by atoms with E-state index in [2.05, 4.69) is 48.2 Å². The third kappa shape index (κ3) is 10.5. The van der Waals surface area contributed by atoms with Gasteiger partial charge in [-0.3, -0.25) is 9.79 Å². The summed E-state index contributed by atoms with van der Waals surface area (Å²) in [5.74, 6) is 1.20. The van der Waals surface area contributed by atoms with Crippen LogP contribution >= 0.6 is 24.0 Å². The van der Waals surface area contributed by atoms with Crippen LogP contribution in [0.5, 0.6) is 0 Å². The number of aliphatic imine (C=N–C) groups is 1. The first-order valence-electron chi connectivity index (χ1n) is 10.2. The highest BCUT2D eigenvalue weighted by Gasteiger charge is 2.18. The quantitative estimate of drug-likeness (QED) is 0.195. The summed E-state index contributed by atoms with van der Waals surface area (Å²) in [5, 5.41) is 6.82. The van der Waals surface area contributed by atoms with Gasteiger partial charge in [-0.05, 0) is 59.2 Å². The average Bonchev–Trinajstić information content (AvgIpc) is 3.00. The van der Waals surface area contributed by atoms with Crippen LogP contribution in [0.1, 0.15) is 59.8 Å². The number of carbonyl (C=O) groups is 1. The molecule has 0 aromatic carbocycles. The van der Waals surface area contributed by atoms with Crippen molar-refractivity contribution in [1.29, 1.82) is 0 Å². The Balaban J connectivity index is 0.00000625. The van der Waals surface area contributed by atoms with Gasteiger partial charge in [-0.25, -0.2) is 0 Å². The largest absolute Gasteiger partial charge is 0.357 e. The summed E-state index contributed by atoms with van der Waals surface area (Å²) < 4.78 is 0. The topological polar surface area (TPSA) is 60.0 Å². The van der Waals surface area contributed by atoms with Crippen LogP contribution in [0.3, 0.4) is 0 Å². The second-order valence-corrected chi connectivity index (χ2v) is 6.81.